The van der Waals surface area contributed by atoms with Gasteiger partial charge in [-0.3, -0.25) is 4.79 Å². The number of carbonyl (C=O) groups excluding carboxylic acids is 1. The van der Waals surface area contributed by atoms with E-state index in [1.807, 2.05) is 32.1 Å². The summed E-state index contributed by atoms with van der Waals surface area (Å²) in [5.41, 5.74) is 0.844. The van der Waals surface area contributed by atoms with Crippen molar-refractivity contribution in [3.05, 3.63) is 47.6 Å². The van der Waals surface area contributed by atoms with E-state index in [1.165, 1.54) is 13.2 Å². The van der Waals surface area contributed by atoms with Crippen molar-refractivity contribution in [2.75, 3.05) is 7.11 Å². The van der Waals surface area contributed by atoms with E-state index < -0.39 is 11.9 Å². The Bertz CT molecular complexity index is 412. The number of carbonyl (C=O) groups is 2. The zero-order valence-electron chi connectivity index (χ0n) is 10.8. The van der Waals surface area contributed by atoms with Crippen LogP contribution in [0.25, 0.3) is 0 Å². The zero-order valence-corrected chi connectivity index (χ0v) is 10.8. The van der Waals surface area contributed by atoms with Crippen LogP contribution in [0.15, 0.2) is 47.6 Å². The van der Waals surface area contributed by atoms with Gasteiger partial charge >= 0.3 is 11.9 Å². The number of allylic oxidation sites excluding steroid dienone is 7. The molecular weight excluding hydrogens is 232 g/mol. The molecule has 0 radical (unpaired) electrons. The Hall–Kier alpha value is -2.10. The first-order valence-electron chi connectivity index (χ1n) is 5.51. The highest BCUT2D eigenvalue weighted by Gasteiger charge is 2.13. The summed E-state index contributed by atoms with van der Waals surface area (Å²) in [6.07, 6.45) is 10.2. The van der Waals surface area contributed by atoms with Gasteiger partial charge in [0, 0.05) is 5.57 Å². The van der Waals surface area contributed by atoms with E-state index in [9.17, 15) is 9.59 Å². The van der Waals surface area contributed by atoms with Crippen LogP contribution in [0.3, 0.4) is 0 Å². The maximum absolute atomic E-state index is 11.4. The SMILES string of the molecule is C\C=C/C=C(\C=C/C)/C=C(\CC(=O)O)C(=O)OC. The minimum absolute atomic E-state index is 0.110. The normalized spacial score (nSPS) is 13.3. The van der Waals surface area contributed by atoms with Crippen molar-refractivity contribution < 1.29 is 19.4 Å². The number of carboxylic acid groups (broad SMARTS) is 1. The van der Waals surface area contributed by atoms with E-state index in [2.05, 4.69) is 4.74 Å². The molecule has 0 atom stereocenters. The number of aliphatic carboxylic acids is 1. The summed E-state index contributed by atoms with van der Waals surface area (Å²) >= 11 is 0. The van der Waals surface area contributed by atoms with Gasteiger partial charge in [-0.15, -0.1) is 0 Å². The second-order valence-electron chi connectivity index (χ2n) is 3.42. The van der Waals surface area contributed by atoms with Crippen LogP contribution in [-0.2, 0) is 14.3 Å². The molecule has 0 aliphatic carbocycles. The van der Waals surface area contributed by atoms with E-state index in [0.717, 1.165) is 5.57 Å². The maximum Gasteiger partial charge on any atom is 0.334 e. The van der Waals surface area contributed by atoms with E-state index >= 15 is 0 Å². The van der Waals surface area contributed by atoms with Crippen LogP contribution in [0.1, 0.15) is 20.3 Å². The van der Waals surface area contributed by atoms with Crippen molar-refractivity contribution >= 4 is 11.9 Å². The molecule has 0 spiro atoms. The monoisotopic (exact) mass is 250 g/mol. The molecule has 0 saturated heterocycles. The number of hydrogen-bond acceptors (Lipinski definition) is 3. The average molecular weight is 250 g/mol. The minimum atomic E-state index is -1.07. The number of methoxy groups -OCH3 is 1. The van der Waals surface area contributed by atoms with Crippen molar-refractivity contribution in [2.45, 2.75) is 20.3 Å². The fraction of sp³-hybridized carbons (Fsp3) is 0.286. The lowest BCUT2D eigenvalue weighted by molar-refractivity contribution is -0.141. The predicted octanol–water partition coefficient (Wildman–Crippen LogP) is 2.64. The molecule has 0 unspecified atom stereocenters. The van der Waals surface area contributed by atoms with Gasteiger partial charge in [0.1, 0.15) is 0 Å². The molecule has 1 N–H and O–H groups in total. The lowest BCUT2D eigenvalue weighted by Gasteiger charge is -2.03. The van der Waals surface area contributed by atoms with Gasteiger partial charge in [0.25, 0.3) is 0 Å². The van der Waals surface area contributed by atoms with Crippen LogP contribution in [0, 0.1) is 0 Å². The van der Waals surface area contributed by atoms with Crippen molar-refractivity contribution in [3.63, 3.8) is 0 Å². The fourth-order valence-corrected chi connectivity index (χ4v) is 1.23. The Morgan fingerprint density at radius 3 is 2.33 bits per heavy atom. The summed E-state index contributed by atoms with van der Waals surface area (Å²) in [4.78, 5) is 22.1. The van der Waals surface area contributed by atoms with Gasteiger partial charge in [-0.25, -0.2) is 4.79 Å². The lowest BCUT2D eigenvalue weighted by atomic mass is 10.1. The first kappa shape index (κ1) is 15.9. The molecule has 0 bridgehead atoms. The van der Waals surface area contributed by atoms with E-state index in [-0.39, 0.29) is 12.0 Å². The van der Waals surface area contributed by atoms with Gasteiger partial charge in [-0.2, -0.15) is 0 Å². The van der Waals surface area contributed by atoms with Gasteiger partial charge in [0.15, 0.2) is 0 Å². The molecule has 0 saturated carbocycles. The molecule has 0 aliphatic heterocycles. The van der Waals surface area contributed by atoms with Crippen molar-refractivity contribution in [2.24, 2.45) is 0 Å². The number of hydrogen-bond donors (Lipinski definition) is 1. The molecule has 0 aromatic heterocycles. The summed E-state index contributed by atoms with van der Waals surface area (Å²) in [7, 11) is 1.23. The third-order valence-electron chi connectivity index (χ3n) is 1.97. The summed E-state index contributed by atoms with van der Waals surface area (Å²) in [6, 6.07) is 0. The molecule has 0 aromatic carbocycles. The highest BCUT2D eigenvalue weighted by atomic mass is 16.5. The average Bonchev–Trinajstić information content (AvgIpc) is 2.33. The first-order valence-corrected chi connectivity index (χ1v) is 5.51. The molecular formula is C14H18O4. The second-order valence-corrected chi connectivity index (χ2v) is 3.42. The predicted molar refractivity (Wildman–Crippen MR) is 70.1 cm³/mol. The molecule has 0 fully saturated rings. The van der Waals surface area contributed by atoms with Crippen LogP contribution in [-0.4, -0.2) is 24.2 Å². The second kappa shape index (κ2) is 8.98. The Morgan fingerprint density at radius 1 is 1.22 bits per heavy atom. The number of rotatable bonds is 6. The summed E-state index contributed by atoms with van der Waals surface area (Å²) in [5, 5.41) is 8.75. The summed E-state index contributed by atoms with van der Waals surface area (Å²) < 4.78 is 4.56. The molecule has 0 aliphatic rings. The van der Waals surface area contributed by atoms with Crippen LogP contribution in [0.2, 0.25) is 0 Å². The van der Waals surface area contributed by atoms with E-state index in [0.29, 0.717) is 0 Å². The first-order chi connectivity index (χ1) is 8.54. The molecule has 98 valence electrons. The van der Waals surface area contributed by atoms with Crippen molar-refractivity contribution in [1.29, 1.82) is 0 Å². The lowest BCUT2D eigenvalue weighted by Crippen LogP contribution is -2.09. The largest absolute Gasteiger partial charge is 0.481 e. The van der Waals surface area contributed by atoms with Gasteiger partial charge in [0.05, 0.1) is 13.5 Å². The van der Waals surface area contributed by atoms with Gasteiger partial charge < -0.3 is 9.84 Å². The number of ether oxygens (including phenoxy) is 1. The minimum Gasteiger partial charge on any atom is -0.481 e. The standard InChI is InChI=1S/C14H18O4/c1-4-6-8-11(7-5-2)9-12(10-13(15)16)14(17)18-3/h4-9H,10H2,1-3H3,(H,15,16)/b6-4-,7-5-,11-8+,12-9+. The van der Waals surface area contributed by atoms with Crippen LogP contribution in [0.4, 0.5) is 0 Å². The molecule has 4 heteroatoms. The Balaban J connectivity index is 5.32. The van der Waals surface area contributed by atoms with Gasteiger partial charge in [-0.1, -0.05) is 30.4 Å². The molecule has 18 heavy (non-hydrogen) atoms. The smallest absolute Gasteiger partial charge is 0.334 e. The highest BCUT2D eigenvalue weighted by molar-refractivity contribution is 5.94. The maximum atomic E-state index is 11.4. The molecule has 4 nitrogen and oxygen atoms in total. The van der Waals surface area contributed by atoms with Crippen LogP contribution >= 0.6 is 0 Å². The molecule has 0 heterocycles. The molecule has 0 rings (SSSR count). The third-order valence-corrected chi connectivity index (χ3v) is 1.97. The number of esters is 1. The molecule has 0 aromatic rings. The summed E-state index contributed by atoms with van der Waals surface area (Å²) in [5.74, 6) is -1.70. The topological polar surface area (TPSA) is 63.6 Å². The Morgan fingerprint density at radius 2 is 1.89 bits per heavy atom. The van der Waals surface area contributed by atoms with Crippen LogP contribution < -0.4 is 0 Å². The third kappa shape index (κ3) is 6.48. The molecule has 0 amide bonds. The van der Waals surface area contributed by atoms with Crippen molar-refractivity contribution in [3.8, 4) is 0 Å². The highest BCUT2D eigenvalue weighted by Crippen LogP contribution is 2.10. The van der Waals surface area contributed by atoms with E-state index in [4.69, 9.17) is 5.11 Å². The van der Waals surface area contributed by atoms with Gasteiger partial charge in [-0.05, 0) is 25.5 Å². The fourth-order valence-electron chi connectivity index (χ4n) is 1.23. The van der Waals surface area contributed by atoms with E-state index in [1.54, 1.807) is 12.2 Å². The summed E-state index contributed by atoms with van der Waals surface area (Å²) in [6.45, 7) is 3.71. The van der Waals surface area contributed by atoms with Crippen molar-refractivity contribution in [1.82, 2.24) is 0 Å². The Labute approximate surface area is 107 Å². The quantitative estimate of drug-likeness (QED) is 0.447. The van der Waals surface area contributed by atoms with Gasteiger partial charge in [0.2, 0.25) is 0 Å². The zero-order chi connectivity index (χ0) is 14.0. The van der Waals surface area contributed by atoms with Crippen LogP contribution in [0.5, 0.6) is 0 Å². The number of carboxylic acids is 1. The Kier molecular flexibility index (Phi) is 7.94.